The van der Waals surface area contributed by atoms with Crippen LogP contribution in [0.5, 0.6) is 0 Å². The van der Waals surface area contributed by atoms with Crippen molar-refractivity contribution in [2.24, 2.45) is 21.7 Å². The number of hydrazine groups is 2. The highest BCUT2D eigenvalue weighted by atomic mass is 16.7. The van der Waals surface area contributed by atoms with Crippen LogP contribution in [0.25, 0.3) is 0 Å². The molecule has 0 saturated carbocycles. The molecule has 0 bridgehead atoms. The van der Waals surface area contributed by atoms with Gasteiger partial charge in [0.15, 0.2) is 33.6 Å². The first-order chi connectivity index (χ1) is 10.6. The Morgan fingerprint density at radius 2 is 1.13 bits per heavy atom. The molecule has 0 amide bonds. The lowest BCUT2D eigenvalue weighted by molar-refractivity contribution is -0.653. The van der Waals surface area contributed by atoms with Gasteiger partial charge in [-0.05, 0) is 10.0 Å². The smallest absolute Gasteiger partial charge is 0.332 e. The number of hydrogen-bond acceptors (Lipinski definition) is 9. The Hall–Kier alpha value is -3.90. The summed E-state index contributed by atoms with van der Waals surface area (Å²) in [5, 5.41) is 40.7. The van der Waals surface area contributed by atoms with E-state index in [0.29, 0.717) is 0 Å². The van der Waals surface area contributed by atoms with E-state index in [0.717, 1.165) is 0 Å². The SMILES string of the molecule is NC(=N[N+](=O)[O-])N(COCN(C(N)=N[N+](=O)[O-])[N+](=O)[O-])[N+](=O)[O-]. The molecule has 19 heteroatoms. The predicted molar refractivity (Wildman–Crippen MR) is 65.7 cm³/mol. The third-order valence-electron chi connectivity index (χ3n) is 1.72. The second kappa shape index (κ2) is 8.40. The molecule has 0 aromatic heterocycles. The summed E-state index contributed by atoms with van der Waals surface area (Å²) in [6.45, 7) is -2.24. The van der Waals surface area contributed by atoms with Crippen LogP contribution in [0.15, 0.2) is 10.2 Å². The van der Waals surface area contributed by atoms with Crippen molar-refractivity contribution >= 4 is 11.9 Å². The molecule has 0 unspecified atom stereocenters. The van der Waals surface area contributed by atoms with Gasteiger partial charge in [-0.1, -0.05) is 0 Å². The summed E-state index contributed by atoms with van der Waals surface area (Å²) in [5.74, 6) is -2.36. The van der Waals surface area contributed by atoms with Gasteiger partial charge in [0.2, 0.25) is 0 Å². The van der Waals surface area contributed by atoms with Gasteiger partial charge in [0, 0.05) is 0 Å². The zero-order chi connectivity index (χ0) is 18.2. The van der Waals surface area contributed by atoms with E-state index in [1.165, 1.54) is 0 Å². The molecule has 0 aromatic carbocycles. The summed E-state index contributed by atoms with van der Waals surface area (Å²) < 4.78 is 4.49. The Labute approximate surface area is 123 Å². The van der Waals surface area contributed by atoms with Crippen molar-refractivity contribution in [3.8, 4) is 0 Å². The Balaban J connectivity index is 4.92. The molecule has 0 aliphatic carbocycles. The first-order valence-corrected chi connectivity index (χ1v) is 4.94. The van der Waals surface area contributed by atoms with E-state index >= 15 is 0 Å². The van der Waals surface area contributed by atoms with Gasteiger partial charge in [0.25, 0.3) is 0 Å². The van der Waals surface area contributed by atoms with E-state index in [9.17, 15) is 40.5 Å². The monoisotopic (exact) mass is 340 g/mol. The highest BCUT2D eigenvalue weighted by molar-refractivity contribution is 5.76. The van der Waals surface area contributed by atoms with E-state index < -0.39 is 45.5 Å². The molecule has 0 aromatic rings. The van der Waals surface area contributed by atoms with Gasteiger partial charge in [0.05, 0.1) is 0 Å². The number of rotatable bonds is 8. The summed E-state index contributed by atoms with van der Waals surface area (Å²) in [5.41, 5.74) is 9.90. The van der Waals surface area contributed by atoms with Gasteiger partial charge in [0.1, 0.15) is 10.2 Å². The molecule has 0 radical (unpaired) electrons. The van der Waals surface area contributed by atoms with Crippen molar-refractivity contribution in [3.63, 3.8) is 0 Å². The molecule has 4 N–H and O–H groups in total. The third kappa shape index (κ3) is 6.89. The minimum atomic E-state index is -1.32. The van der Waals surface area contributed by atoms with E-state index in [4.69, 9.17) is 11.5 Å². The maximum absolute atomic E-state index is 10.6. The molecule has 0 heterocycles. The van der Waals surface area contributed by atoms with Crippen molar-refractivity contribution in [3.05, 3.63) is 40.5 Å². The number of nitro groups is 4. The van der Waals surface area contributed by atoms with E-state index in [-0.39, 0.29) is 10.0 Å². The highest BCUT2D eigenvalue weighted by Gasteiger charge is 2.27. The quantitative estimate of drug-likeness (QED) is 0.146. The Morgan fingerprint density at radius 1 is 0.826 bits per heavy atom. The third-order valence-corrected chi connectivity index (χ3v) is 1.72. The van der Waals surface area contributed by atoms with E-state index in [2.05, 4.69) is 14.9 Å². The van der Waals surface area contributed by atoms with Crippen LogP contribution in [-0.4, -0.2) is 55.5 Å². The topological polar surface area (TPSA) is 265 Å². The molecule has 0 atom stereocenters. The average Bonchev–Trinajstić information content (AvgIpc) is 2.35. The fourth-order valence-electron chi connectivity index (χ4n) is 0.878. The minimum absolute atomic E-state index is 0.151. The minimum Gasteiger partial charge on any atom is -0.360 e. The largest absolute Gasteiger partial charge is 0.360 e. The molecule has 0 fully saturated rings. The first-order valence-electron chi connectivity index (χ1n) is 4.94. The molecular weight excluding hydrogens is 332 g/mol. The molecule has 0 spiro atoms. The van der Waals surface area contributed by atoms with Gasteiger partial charge in [-0.25, -0.2) is 40.5 Å². The summed E-state index contributed by atoms with van der Waals surface area (Å²) in [6, 6.07) is 0. The van der Waals surface area contributed by atoms with Crippen molar-refractivity contribution in [2.45, 2.75) is 0 Å². The summed E-state index contributed by atoms with van der Waals surface area (Å²) in [6.07, 6.45) is 0. The molecular formula is C4H8N10O9. The molecule has 0 aliphatic heterocycles. The number of hydrogen-bond donors (Lipinski definition) is 2. The van der Waals surface area contributed by atoms with Crippen LogP contribution in [0.1, 0.15) is 0 Å². The number of ether oxygens (including phenoxy) is 1. The lowest BCUT2D eigenvalue weighted by atomic mass is 10.9. The number of nitrogens with two attached hydrogens (primary N) is 2. The van der Waals surface area contributed by atoms with Gasteiger partial charge in [-0.15, -0.1) is 0 Å². The summed E-state index contributed by atoms with van der Waals surface area (Å²) in [7, 11) is 0. The molecule has 19 nitrogen and oxygen atoms in total. The molecule has 23 heavy (non-hydrogen) atoms. The Morgan fingerprint density at radius 3 is 1.35 bits per heavy atom. The van der Waals surface area contributed by atoms with Crippen molar-refractivity contribution in [1.82, 2.24) is 10.0 Å². The van der Waals surface area contributed by atoms with E-state index in [1.54, 1.807) is 0 Å². The zero-order valence-corrected chi connectivity index (χ0v) is 10.8. The predicted octanol–water partition coefficient (Wildman–Crippen LogP) is -3.08. The van der Waals surface area contributed by atoms with Gasteiger partial charge in [-0.2, -0.15) is 0 Å². The number of hydrazone groups is 2. The first kappa shape index (κ1) is 19.1. The summed E-state index contributed by atoms with van der Waals surface area (Å²) in [4.78, 5) is 41.3. The van der Waals surface area contributed by atoms with Crippen molar-refractivity contribution in [1.29, 1.82) is 0 Å². The lowest BCUT2D eigenvalue weighted by Gasteiger charge is -2.13. The highest BCUT2D eigenvalue weighted by Crippen LogP contribution is 1.95. The fraction of sp³-hybridized carbons (Fsp3) is 0.500. The normalized spacial score (nSPS) is 11.7. The van der Waals surface area contributed by atoms with Crippen LogP contribution in [0, 0.1) is 40.5 Å². The van der Waals surface area contributed by atoms with Crippen LogP contribution in [-0.2, 0) is 4.74 Å². The zero-order valence-electron chi connectivity index (χ0n) is 10.8. The van der Waals surface area contributed by atoms with Gasteiger partial charge in [-0.3, -0.25) is 0 Å². The maximum atomic E-state index is 10.6. The van der Waals surface area contributed by atoms with Crippen LogP contribution >= 0.6 is 0 Å². The van der Waals surface area contributed by atoms with Crippen LogP contribution in [0.4, 0.5) is 0 Å². The molecule has 0 rings (SSSR count). The molecule has 0 saturated heterocycles. The lowest BCUT2D eigenvalue weighted by Crippen LogP contribution is -2.47. The van der Waals surface area contributed by atoms with Crippen molar-refractivity contribution < 1.29 is 24.9 Å². The van der Waals surface area contributed by atoms with Gasteiger partial charge >= 0.3 is 11.9 Å². The van der Waals surface area contributed by atoms with Crippen LogP contribution < -0.4 is 11.5 Å². The number of guanidine groups is 2. The maximum Gasteiger partial charge on any atom is 0.332 e. The second-order valence-electron chi connectivity index (χ2n) is 3.13. The Kier molecular flexibility index (Phi) is 6.98. The van der Waals surface area contributed by atoms with Crippen LogP contribution in [0.3, 0.4) is 0 Å². The van der Waals surface area contributed by atoms with E-state index in [1.807, 2.05) is 0 Å². The van der Waals surface area contributed by atoms with Gasteiger partial charge < -0.3 is 16.2 Å². The standard InChI is InChI=1S/C4H8N10O9/c5-3(7-11(15)16)9(13(19)20)1-23-2-10(14(21)22)4(6)8-12(17)18/h1-2H2,(H2,5,7)(H2,6,8). The van der Waals surface area contributed by atoms with Crippen molar-refractivity contribution in [2.75, 3.05) is 13.5 Å². The van der Waals surface area contributed by atoms with Crippen LogP contribution in [0.2, 0.25) is 0 Å². The molecule has 128 valence electrons. The average molecular weight is 340 g/mol. The second-order valence-corrected chi connectivity index (χ2v) is 3.13. The molecule has 0 aliphatic rings. The fourth-order valence-corrected chi connectivity index (χ4v) is 0.878. The Bertz CT molecular complexity index is 509. The summed E-state index contributed by atoms with van der Waals surface area (Å²) >= 11 is 0. The number of nitrogens with zero attached hydrogens (tertiary/aromatic N) is 8.